The van der Waals surface area contributed by atoms with Crippen LogP contribution in [0.25, 0.3) is 0 Å². The lowest BCUT2D eigenvalue weighted by atomic mass is 10.2. The number of carbonyl (C=O) groups is 2. The number of nitrogens with one attached hydrogen (secondary N) is 2. The lowest BCUT2D eigenvalue weighted by Gasteiger charge is -2.24. The number of hydrogen-bond acceptors (Lipinski definition) is 8. The van der Waals surface area contributed by atoms with Gasteiger partial charge in [0.1, 0.15) is 18.9 Å². The van der Waals surface area contributed by atoms with Crippen molar-refractivity contribution >= 4 is 67.0 Å². The molecule has 14 heteroatoms. The average Bonchev–Trinajstić information content (AvgIpc) is 3.03. The van der Waals surface area contributed by atoms with Gasteiger partial charge in [0.2, 0.25) is 5.91 Å². The van der Waals surface area contributed by atoms with Gasteiger partial charge in [-0.2, -0.15) is 5.10 Å². The largest absolute Gasteiger partial charge is 0.497 e. The van der Waals surface area contributed by atoms with E-state index in [9.17, 15) is 18.0 Å². The molecule has 4 aromatic carbocycles. The molecule has 0 radical (unpaired) electrons. The Morgan fingerprint density at radius 1 is 0.978 bits per heavy atom. The molecule has 0 fully saturated rings. The van der Waals surface area contributed by atoms with Crippen molar-refractivity contribution in [1.82, 2.24) is 5.43 Å². The van der Waals surface area contributed by atoms with Crippen LogP contribution in [0.15, 0.2) is 99.4 Å². The predicted octanol–water partition coefficient (Wildman–Crippen LogP) is 6.00. The highest BCUT2D eigenvalue weighted by Crippen LogP contribution is 2.37. The molecular weight excluding hydrogens is 700 g/mol. The van der Waals surface area contributed by atoms with Crippen molar-refractivity contribution in [2.45, 2.75) is 18.4 Å². The van der Waals surface area contributed by atoms with Gasteiger partial charge < -0.3 is 19.5 Å². The van der Waals surface area contributed by atoms with Crippen LogP contribution in [-0.4, -0.2) is 47.2 Å². The van der Waals surface area contributed by atoms with Crippen molar-refractivity contribution in [2.75, 3.05) is 30.4 Å². The van der Waals surface area contributed by atoms with Gasteiger partial charge >= 0.3 is 0 Å². The summed E-state index contributed by atoms with van der Waals surface area (Å²) >= 11 is 9.73. The van der Waals surface area contributed by atoms with Crippen LogP contribution in [0, 0.1) is 0 Å². The number of methoxy groups -OCH3 is 2. The van der Waals surface area contributed by atoms with Crippen LogP contribution in [0.3, 0.4) is 0 Å². The normalized spacial score (nSPS) is 11.2. The summed E-state index contributed by atoms with van der Waals surface area (Å²) in [5, 5.41) is 7.19. The Morgan fingerprint density at radius 3 is 2.30 bits per heavy atom. The average molecular weight is 730 g/mol. The second-order valence-electron chi connectivity index (χ2n) is 9.62. The molecule has 0 saturated carbocycles. The first-order valence-electron chi connectivity index (χ1n) is 13.6. The molecular formula is C32H30BrClN4O7S. The van der Waals surface area contributed by atoms with Gasteiger partial charge in [0.15, 0.2) is 11.5 Å². The van der Waals surface area contributed by atoms with Crippen LogP contribution in [0.2, 0.25) is 5.02 Å². The SMILES string of the molecule is COc1ccc(N(CC(=O)N/N=C\c2cc(Br)c(OCc3ccccc3Cl)c(OC)c2)S(=O)(=O)c2ccc(NC(C)=O)cc2)cc1. The van der Waals surface area contributed by atoms with E-state index in [1.165, 1.54) is 63.8 Å². The number of amides is 2. The molecule has 2 amide bonds. The van der Waals surface area contributed by atoms with E-state index in [1.54, 1.807) is 30.3 Å². The van der Waals surface area contributed by atoms with Gasteiger partial charge in [0, 0.05) is 23.2 Å². The van der Waals surface area contributed by atoms with E-state index in [2.05, 4.69) is 31.8 Å². The molecule has 0 atom stereocenters. The van der Waals surface area contributed by atoms with E-state index in [-0.39, 0.29) is 23.1 Å². The molecule has 0 aromatic heterocycles. The van der Waals surface area contributed by atoms with Gasteiger partial charge in [-0.1, -0.05) is 29.8 Å². The van der Waals surface area contributed by atoms with Crippen LogP contribution < -0.4 is 29.3 Å². The molecule has 240 valence electrons. The van der Waals surface area contributed by atoms with Gasteiger partial charge in [0.25, 0.3) is 15.9 Å². The first-order valence-corrected chi connectivity index (χ1v) is 16.2. The summed E-state index contributed by atoms with van der Waals surface area (Å²) in [5.41, 5.74) is 4.41. The molecule has 0 aliphatic rings. The second kappa shape index (κ2) is 15.6. The maximum atomic E-state index is 13.7. The van der Waals surface area contributed by atoms with Crippen molar-refractivity contribution < 1.29 is 32.2 Å². The molecule has 4 rings (SSSR count). The number of anilines is 2. The predicted molar refractivity (Wildman–Crippen MR) is 180 cm³/mol. The summed E-state index contributed by atoms with van der Waals surface area (Å²) in [4.78, 5) is 24.3. The monoisotopic (exact) mass is 728 g/mol. The Morgan fingerprint density at radius 2 is 1.67 bits per heavy atom. The molecule has 46 heavy (non-hydrogen) atoms. The number of hydrogen-bond donors (Lipinski definition) is 2. The van der Waals surface area contributed by atoms with Gasteiger partial charge in [-0.15, -0.1) is 0 Å². The van der Waals surface area contributed by atoms with Crippen molar-refractivity contribution in [3.63, 3.8) is 0 Å². The summed E-state index contributed by atoms with van der Waals surface area (Å²) in [6, 6.07) is 22.6. The van der Waals surface area contributed by atoms with E-state index >= 15 is 0 Å². The Labute approximate surface area is 280 Å². The summed E-state index contributed by atoms with van der Waals surface area (Å²) in [6.07, 6.45) is 1.38. The molecule has 0 aliphatic heterocycles. The smallest absolute Gasteiger partial charge is 0.264 e. The maximum absolute atomic E-state index is 13.7. The number of halogens is 2. The Kier molecular flexibility index (Phi) is 11.6. The summed E-state index contributed by atoms with van der Waals surface area (Å²) in [5.74, 6) is 0.383. The quantitative estimate of drug-likeness (QED) is 0.127. The third-order valence-corrected chi connectivity index (χ3v) is 9.14. The van der Waals surface area contributed by atoms with Crippen molar-refractivity contribution in [1.29, 1.82) is 0 Å². The zero-order valence-electron chi connectivity index (χ0n) is 25.0. The number of sulfonamides is 1. The fourth-order valence-electron chi connectivity index (χ4n) is 4.17. The highest BCUT2D eigenvalue weighted by atomic mass is 79.9. The third-order valence-electron chi connectivity index (χ3n) is 6.39. The van der Waals surface area contributed by atoms with E-state index in [1.807, 2.05) is 18.2 Å². The minimum atomic E-state index is -4.22. The topological polar surface area (TPSA) is 136 Å². The molecule has 0 unspecified atom stereocenters. The number of ether oxygens (including phenoxy) is 3. The molecule has 0 bridgehead atoms. The molecule has 11 nitrogen and oxygen atoms in total. The van der Waals surface area contributed by atoms with Crippen LogP contribution >= 0.6 is 27.5 Å². The van der Waals surface area contributed by atoms with Crippen LogP contribution in [0.1, 0.15) is 18.1 Å². The highest BCUT2D eigenvalue weighted by Gasteiger charge is 2.27. The Bertz CT molecular complexity index is 1840. The fourth-order valence-corrected chi connectivity index (χ4v) is 6.35. The number of carbonyl (C=O) groups excluding carboxylic acids is 2. The number of rotatable bonds is 13. The molecule has 0 heterocycles. The van der Waals surface area contributed by atoms with Gasteiger partial charge in [-0.05, 0) is 88.2 Å². The lowest BCUT2D eigenvalue weighted by molar-refractivity contribution is -0.119. The van der Waals surface area contributed by atoms with Crippen molar-refractivity contribution in [3.05, 3.63) is 106 Å². The van der Waals surface area contributed by atoms with Crippen LogP contribution in [0.4, 0.5) is 11.4 Å². The highest BCUT2D eigenvalue weighted by molar-refractivity contribution is 9.10. The van der Waals surface area contributed by atoms with Crippen molar-refractivity contribution in [3.8, 4) is 17.2 Å². The number of benzene rings is 4. The van der Waals surface area contributed by atoms with Gasteiger partial charge in [-0.25, -0.2) is 13.8 Å². The van der Waals surface area contributed by atoms with Gasteiger partial charge in [0.05, 0.1) is 35.5 Å². The Hall–Kier alpha value is -4.59. The summed E-state index contributed by atoms with van der Waals surface area (Å²) in [6.45, 7) is 0.978. The molecule has 0 aliphatic carbocycles. The van der Waals surface area contributed by atoms with E-state index in [4.69, 9.17) is 25.8 Å². The van der Waals surface area contributed by atoms with Crippen molar-refractivity contribution in [2.24, 2.45) is 5.10 Å². The minimum Gasteiger partial charge on any atom is -0.497 e. The second-order valence-corrected chi connectivity index (χ2v) is 12.7. The maximum Gasteiger partial charge on any atom is 0.264 e. The fraction of sp³-hybridized carbons (Fsp3) is 0.156. The Balaban J connectivity index is 1.50. The number of nitrogens with zero attached hydrogens (tertiary/aromatic N) is 2. The third kappa shape index (κ3) is 8.77. The standard InChI is InChI=1S/C32H30BrClN4O7S/c1-21(39)36-24-8-14-27(15-9-24)46(41,42)38(25-10-12-26(43-2)13-11-25)19-31(40)37-35-18-22-16-28(33)32(30(17-22)44-3)45-20-23-6-4-5-7-29(23)34/h4-18H,19-20H2,1-3H3,(H,36,39)(H,37,40)/b35-18-. The summed E-state index contributed by atoms with van der Waals surface area (Å²) < 4.78 is 45.6. The van der Waals surface area contributed by atoms with Gasteiger partial charge in [-0.3, -0.25) is 13.9 Å². The van der Waals surface area contributed by atoms with E-state index < -0.39 is 22.5 Å². The van der Waals surface area contributed by atoms with Crippen LogP contribution in [-0.2, 0) is 26.2 Å². The zero-order valence-corrected chi connectivity index (χ0v) is 28.1. The molecule has 0 saturated heterocycles. The molecule has 2 N–H and O–H groups in total. The lowest BCUT2D eigenvalue weighted by Crippen LogP contribution is -2.39. The minimum absolute atomic E-state index is 0.0810. The summed E-state index contributed by atoms with van der Waals surface area (Å²) in [7, 11) is -1.24. The molecule has 0 spiro atoms. The first kappa shape index (κ1) is 34.3. The van der Waals surface area contributed by atoms with E-state index in [0.29, 0.717) is 38.0 Å². The first-order chi connectivity index (χ1) is 22.0. The van der Waals surface area contributed by atoms with E-state index in [0.717, 1.165) is 9.87 Å². The zero-order chi connectivity index (χ0) is 33.3. The molecule has 4 aromatic rings. The van der Waals surface area contributed by atoms with Crippen LogP contribution in [0.5, 0.6) is 17.2 Å². The number of hydrazone groups is 1.